The van der Waals surface area contributed by atoms with Gasteiger partial charge in [-0.1, -0.05) is 18.2 Å². The van der Waals surface area contributed by atoms with Crippen LogP contribution in [-0.4, -0.2) is 16.0 Å². The Morgan fingerprint density at radius 2 is 1.90 bits per heavy atom. The van der Waals surface area contributed by atoms with Crippen LogP contribution in [0.25, 0.3) is 0 Å². The molecular weight excluding hydrogens is 342 g/mol. The summed E-state index contributed by atoms with van der Waals surface area (Å²) < 4.78 is 5.93. The van der Waals surface area contributed by atoms with Gasteiger partial charge in [-0.2, -0.15) is 0 Å². The molecule has 1 N–H and O–H groups in total. The molecule has 0 aromatic heterocycles. The summed E-state index contributed by atoms with van der Waals surface area (Å²) in [6.07, 6.45) is 0. The molecule has 0 bridgehead atoms. The van der Waals surface area contributed by atoms with Crippen molar-refractivity contribution >= 4 is 27.6 Å². The molecule has 0 spiro atoms. The molecule has 0 amide bonds. The van der Waals surface area contributed by atoms with Gasteiger partial charge in [0.2, 0.25) is 5.75 Å². The lowest BCUT2D eigenvalue weighted by Crippen LogP contribution is -2.03. The number of nitro benzene ring substituents is 1. The molecule has 0 saturated carbocycles. The first-order valence-electron chi connectivity index (χ1n) is 5.85. The smallest absolute Gasteiger partial charge is 0.339 e. The number of para-hydroxylation sites is 2. The van der Waals surface area contributed by atoms with Crippen LogP contribution in [0.4, 0.5) is 5.69 Å². The fraction of sp³-hybridized carbons (Fsp3) is 0.0714. The molecule has 0 aliphatic carbocycles. The summed E-state index contributed by atoms with van der Waals surface area (Å²) in [4.78, 5) is 21.7. The molecule has 2 rings (SSSR count). The lowest BCUT2D eigenvalue weighted by molar-refractivity contribution is -0.385. The van der Waals surface area contributed by atoms with E-state index >= 15 is 0 Å². The lowest BCUT2D eigenvalue weighted by Gasteiger charge is -2.12. The van der Waals surface area contributed by atoms with Gasteiger partial charge in [0.25, 0.3) is 0 Å². The number of carboxylic acids is 1. The molecule has 0 fully saturated rings. The van der Waals surface area contributed by atoms with Gasteiger partial charge in [-0.3, -0.25) is 10.1 Å². The van der Waals surface area contributed by atoms with Gasteiger partial charge in [-0.25, -0.2) is 4.79 Å². The van der Waals surface area contributed by atoms with Crippen molar-refractivity contribution in [2.75, 3.05) is 0 Å². The van der Waals surface area contributed by atoms with Crippen molar-refractivity contribution in [3.63, 3.8) is 0 Å². The zero-order chi connectivity index (χ0) is 15.6. The number of ether oxygens (including phenoxy) is 1. The molecule has 0 aliphatic heterocycles. The van der Waals surface area contributed by atoms with Gasteiger partial charge in [-0.05, 0) is 40.5 Å². The van der Waals surface area contributed by atoms with Crippen molar-refractivity contribution in [3.8, 4) is 11.5 Å². The third-order valence-corrected chi connectivity index (χ3v) is 3.41. The van der Waals surface area contributed by atoms with Gasteiger partial charge in [0, 0.05) is 6.07 Å². The van der Waals surface area contributed by atoms with Crippen LogP contribution in [0, 0.1) is 17.0 Å². The average molecular weight is 352 g/mol. The second-order valence-electron chi connectivity index (χ2n) is 4.20. The van der Waals surface area contributed by atoms with Gasteiger partial charge in [0.1, 0.15) is 11.3 Å². The zero-order valence-electron chi connectivity index (χ0n) is 10.9. The van der Waals surface area contributed by atoms with Gasteiger partial charge < -0.3 is 9.84 Å². The predicted octanol–water partition coefficient (Wildman–Crippen LogP) is 4.16. The van der Waals surface area contributed by atoms with E-state index in [9.17, 15) is 20.0 Å². The molecule has 6 nitrogen and oxygen atoms in total. The number of hydrogen-bond donors (Lipinski definition) is 1. The Kier molecular flexibility index (Phi) is 4.23. The van der Waals surface area contributed by atoms with E-state index in [0.29, 0.717) is 10.0 Å². The second-order valence-corrected chi connectivity index (χ2v) is 5.06. The highest BCUT2D eigenvalue weighted by Crippen LogP contribution is 2.40. The van der Waals surface area contributed by atoms with Crippen molar-refractivity contribution in [2.24, 2.45) is 0 Å². The number of rotatable bonds is 4. The van der Waals surface area contributed by atoms with E-state index in [2.05, 4.69) is 15.9 Å². The Hall–Kier alpha value is -2.41. The minimum atomic E-state index is -1.16. The van der Waals surface area contributed by atoms with Crippen LogP contribution < -0.4 is 4.74 Å². The van der Waals surface area contributed by atoms with Crippen LogP contribution in [-0.2, 0) is 0 Å². The predicted molar refractivity (Wildman–Crippen MR) is 79.0 cm³/mol. The van der Waals surface area contributed by atoms with Gasteiger partial charge in [-0.15, -0.1) is 0 Å². The maximum Gasteiger partial charge on any atom is 0.339 e. The van der Waals surface area contributed by atoms with Crippen LogP contribution in [0.1, 0.15) is 15.9 Å². The summed E-state index contributed by atoms with van der Waals surface area (Å²) in [7, 11) is 0. The number of hydrogen-bond acceptors (Lipinski definition) is 4. The quantitative estimate of drug-likeness (QED) is 0.659. The number of aryl methyl sites for hydroxylation is 1. The normalized spacial score (nSPS) is 10.2. The number of aromatic carboxylic acids is 1. The molecule has 2 aromatic carbocycles. The Balaban J connectivity index is 2.59. The molecule has 0 aliphatic rings. The van der Waals surface area contributed by atoms with E-state index in [1.54, 1.807) is 25.1 Å². The number of halogens is 1. The van der Waals surface area contributed by atoms with Crippen molar-refractivity contribution < 1.29 is 19.6 Å². The molecule has 7 heteroatoms. The Morgan fingerprint density at radius 1 is 1.24 bits per heavy atom. The molecular formula is C14H10BrNO5. The first-order valence-corrected chi connectivity index (χ1v) is 6.64. The van der Waals surface area contributed by atoms with Crippen molar-refractivity contribution in [1.29, 1.82) is 0 Å². The fourth-order valence-electron chi connectivity index (χ4n) is 1.80. The molecule has 0 unspecified atom stereocenters. The highest BCUT2D eigenvalue weighted by Gasteiger charge is 2.22. The summed E-state index contributed by atoms with van der Waals surface area (Å²) in [5, 5.41) is 20.2. The first-order chi connectivity index (χ1) is 9.91. The van der Waals surface area contributed by atoms with E-state index in [1.807, 2.05) is 0 Å². The van der Waals surface area contributed by atoms with Crippen molar-refractivity contribution in [2.45, 2.75) is 6.92 Å². The first kappa shape index (κ1) is 15.0. The summed E-state index contributed by atoms with van der Waals surface area (Å²) in [6, 6.07) is 9.02. The SMILES string of the molecule is Cc1cccc(C(=O)O)c1Oc1c(Br)cccc1[N+](=O)[O-]. The molecule has 0 radical (unpaired) electrons. The Morgan fingerprint density at radius 3 is 2.52 bits per heavy atom. The van der Waals surface area contributed by atoms with Crippen molar-refractivity contribution in [3.05, 3.63) is 62.1 Å². The summed E-state index contributed by atoms with van der Waals surface area (Å²) in [6.45, 7) is 1.67. The maximum atomic E-state index is 11.2. The number of carboxylic acid groups (broad SMARTS) is 1. The van der Waals surface area contributed by atoms with E-state index in [0.717, 1.165) is 0 Å². The number of carbonyl (C=O) groups is 1. The van der Waals surface area contributed by atoms with Crippen LogP contribution in [0.2, 0.25) is 0 Å². The number of nitrogens with zero attached hydrogens (tertiary/aromatic N) is 1. The van der Waals surface area contributed by atoms with Crippen LogP contribution in [0.5, 0.6) is 11.5 Å². The van der Waals surface area contributed by atoms with Gasteiger partial charge in [0.15, 0.2) is 0 Å². The number of nitro groups is 1. The third kappa shape index (κ3) is 3.03. The lowest BCUT2D eigenvalue weighted by atomic mass is 10.1. The Bertz CT molecular complexity index is 668. The van der Waals surface area contributed by atoms with E-state index in [4.69, 9.17) is 4.74 Å². The van der Waals surface area contributed by atoms with Crippen LogP contribution >= 0.6 is 15.9 Å². The minimum absolute atomic E-state index is 0.0284. The largest absolute Gasteiger partial charge is 0.478 e. The molecule has 0 heterocycles. The molecule has 0 saturated heterocycles. The maximum absolute atomic E-state index is 11.2. The standard InChI is InChI=1S/C14H10BrNO5/c1-8-4-2-5-9(14(17)18)12(8)21-13-10(15)6-3-7-11(13)16(19)20/h2-7H,1H3,(H,17,18). The topological polar surface area (TPSA) is 89.7 Å². The fourth-order valence-corrected chi connectivity index (χ4v) is 2.24. The van der Waals surface area contributed by atoms with Crippen LogP contribution in [0.15, 0.2) is 40.9 Å². The third-order valence-electron chi connectivity index (χ3n) is 2.79. The van der Waals surface area contributed by atoms with E-state index in [1.165, 1.54) is 18.2 Å². The van der Waals surface area contributed by atoms with E-state index in [-0.39, 0.29) is 22.7 Å². The molecule has 21 heavy (non-hydrogen) atoms. The molecule has 108 valence electrons. The summed E-state index contributed by atoms with van der Waals surface area (Å²) in [5.74, 6) is -1.11. The van der Waals surface area contributed by atoms with Gasteiger partial charge >= 0.3 is 11.7 Å². The highest BCUT2D eigenvalue weighted by atomic mass is 79.9. The van der Waals surface area contributed by atoms with Crippen molar-refractivity contribution in [1.82, 2.24) is 0 Å². The highest BCUT2D eigenvalue weighted by molar-refractivity contribution is 9.10. The number of benzene rings is 2. The second kappa shape index (κ2) is 5.92. The van der Waals surface area contributed by atoms with E-state index < -0.39 is 10.9 Å². The summed E-state index contributed by atoms with van der Waals surface area (Å²) in [5.41, 5.74) is 0.268. The molecule has 0 atom stereocenters. The molecule has 2 aromatic rings. The average Bonchev–Trinajstić information content (AvgIpc) is 2.42. The monoisotopic (exact) mass is 351 g/mol. The minimum Gasteiger partial charge on any atom is -0.478 e. The van der Waals surface area contributed by atoms with Crippen LogP contribution in [0.3, 0.4) is 0 Å². The Labute approximate surface area is 128 Å². The van der Waals surface area contributed by atoms with Gasteiger partial charge in [0.05, 0.1) is 9.40 Å². The zero-order valence-corrected chi connectivity index (χ0v) is 12.5. The summed E-state index contributed by atoms with van der Waals surface area (Å²) >= 11 is 3.18.